The molecule has 0 amide bonds. The molecule has 2 heterocycles. The van der Waals surface area contributed by atoms with E-state index in [1.807, 2.05) is 13.8 Å². The maximum Gasteiger partial charge on any atom is 0.325 e. The third kappa shape index (κ3) is 2.17. The van der Waals surface area contributed by atoms with E-state index in [-0.39, 0.29) is 0 Å². The predicted octanol–water partition coefficient (Wildman–Crippen LogP) is -0.192. The number of rotatable bonds is 3. The standard InChI is InChI=1S/C12H22N2O4S/c1-8(11(15)18-4)19(16,17)14-7-9-5-13-6-10(9)12(14,2)3/h8-10,13H,5-7H2,1-4H3. The maximum atomic E-state index is 12.6. The molecule has 3 atom stereocenters. The topological polar surface area (TPSA) is 75.7 Å². The van der Waals surface area contributed by atoms with Crippen LogP contribution in [-0.4, -0.2) is 56.2 Å². The summed E-state index contributed by atoms with van der Waals surface area (Å²) in [4.78, 5) is 11.5. The van der Waals surface area contributed by atoms with E-state index in [9.17, 15) is 13.2 Å². The summed E-state index contributed by atoms with van der Waals surface area (Å²) in [6.45, 7) is 7.42. The first-order valence-electron chi connectivity index (χ1n) is 6.53. The lowest BCUT2D eigenvalue weighted by atomic mass is 9.85. The molecule has 0 spiro atoms. The second-order valence-electron chi connectivity index (χ2n) is 5.92. The third-order valence-corrected chi connectivity index (χ3v) is 6.90. The fourth-order valence-corrected chi connectivity index (χ4v) is 5.21. The highest BCUT2D eigenvalue weighted by Gasteiger charge is 2.55. The van der Waals surface area contributed by atoms with E-state index in [4.69, 9.17) is 0 Å². The zero-order valence-corrected chi connectivity index (χ0v) is 12.7. The molecule has 110 valence electrons. The molecular weight excluding hydrogens is 268 g/mol. The Labute approximate surface area is 114 Å². The van der Waals surface area contributed by atoms with E-state index in [0.29, 0.717) is 18.4 Å². The van der Waals surface area contributed by atoms with Gasteiger partial charge in [0.05, 0.1) is 7.11 Å². The lowest BCUT2D eigenvalue weighted by molar-refractivity contribution is -0.139. The molecule has 2 rings (SSSR count). The van der Waals surface area contributed by atoms with E-state index in [1.165, 1.54) is 18.3 Å². The minimum Gasteiger partial charge on any atom is -0.468 e. The van der Waals surface area contributed by atoms with Crippen LogP contribution in [0.4, 0.5) is 0 Å². The number of fused-ring (bicyclic) bond motifs is 1. The first-order valence-corrected chi connectivity index (χ1v) is 8.03. The highest BCUT2D eigenvalue weighted by molar-refractivity contribution is 7.90. The normalized spacial score (nSPS) is 32.0. The number of hydrogen-bond donors (Lipinski definition) is 1. The second kappa shape index (κ2) is 4.71. The average molecular weight is 290 g/mol. The van der Waals surface area contributed by atoms with Crippen molar-refractivity contribution < 1.29 is 17.9 Å². The molecule has 0 aromatic rings. The molecule has 0 aromatic heterocycles. The van der Waals surface area contributed by atoms with Crippen LogP contribution in [0, 0.1) is 11.8 Å². The second-order valence-corrected chi connectivity index (χ2v) is 8.10. The SMILES string of the molecule is COC(=O)C(C)S(=O)(=O)N1CC2CNCC2C1(C)C. The predicted molar refractivity (Wildman–Crippen MR) is 71.0 cm³/mol. The molecule has 7 heteroatoms. The Morgan fingerprint density at radius 3 is 2.58 bits per heavy atom. The molecule has 0 aliphatic carbocycles. The smallest absolute Gasteiger partial charge is 0.325 e. The number of esters is 1. The van der Waals surface area contributed by atoms with Crippen LogP contribution in [-0.2, 0) is 19.6 Å². The Morgan fingerprint density at radius 2 is 2.05 bits per heavy atom. The minimum absolute atomic E-state index is 0.298. The number of nitrogens with zero attached hydrogens (tertiary/aromatic N) is 1. The summed E-state index contributed by atoms with van der Waals surface area (Å²) in [5.41, 5.74) is -0.463. The van der Waals surface area contributed by atoms with Gasteiger partial charge in [-0.1, -0.05) is 0 Å². The lowest BCUT2D eigenvalue weighted by Gasteiger charge is -2.35. The fraction of sp³-hybridized carbons (Fsp3) is 0.917. The van der Waals surface area contributed by atoms with Crippen molar-refractivity contribution in [2.75, 3.05) is 26.7 Å². The van der Waals surface area contributed by atoms with Crippen molar-refractivity contribution in [1.29, 1.82) is 0 Å². The summed E-state index contributed by atoms with van der Waals surface area (Å²) in [6.07, 6.45) is 0. The summed E-state index contributed by atoms with van der Waals surface area (Å²) in [7, 11) is -2.46. The van der Waals surface area contributed by atoms with Gasteiger partial charge in [0.1, 0.15) is 0 Å². The van der Waals surface area contributed by atoms with Gasteiger partial charge >= 0.3 is 5.97 Å². The number of ether oxygens (including phenoxy) is 1. The number of carbonyl (C=O) groups is 1. The number of hydrogen-bond acceptors (Lipinski definition) is 5. The van der Waals surface area contributed by atoms with Crippen molar-refractivity contribution >= 4 is 16.0 Å². The Bertz CT molecular complexity index is 474. The highest BCUT2D eigenvalue weighted by Crippen LogP contribution is 2.42. The Hall–Kier alpha value is -0.660. The van der Waals surface area contributed by atoms with Gasteiger partial charge in [0.15, 0.2) is 5.25 Å². The Balaban J connectivity index is 2.29. The Kier molecular flexibility index (Phi) is 3.66. The quantitative estimate of drug-likeness (QED) is 0.729. The van der Waals surface area contributed by atoms with Crippen molar-refractivity contribution in [2.24, 2.45) is 11.8 Å². The molecule has 1 N–H and O–H groups in total. The molecule has 3 unspecified atom stereocenters. The molecule has 2 aliphatic rings. The van der Waals surface area contributed by atoms with Gasteiger partial charge in [0.2, 0.25) is 10.0 Å². The molecule has 0 radical (unpaired) electrons. The van der Waals surface area contributed by atoms with Crippen LogP contribution < -0.4 is 5.32 Å². The van der Waals surface area contributed by atoms with E-state index in [0.717, 1.165) is 13.1 Å². The Morgan fingerprint density at radius 1 is 1.42 bits per heavy atom. The third-order valence-electron chi connectivity index (χ3n) is 4.58. The van der Waals surface area contributed by atoms with Crippen LogP contribution in [0.5, 0.6) is 0 Å². The summed E-state index contributed by atoms with van der Waals surface area (Å²) in [6, 6.07) is 0. The van der Waals surface area contributed by atoms with Crippen LogP contribution in [0.1, 0.15) is 20.8 Å². The zero-order valence-electron chi connectivity index (χ0n) is 11.8. The molecule has 2 fully saturated rings. The minimum atomic E-state index is -3.67. The van der Waals surface area contributed by atoms with Gasteiger partial charge in [-0.25, -0.2) is 8.42 Å². The largest absolute Gasteiger partial charge is 0.468 e. The molecular formula is C12H22N2O4S. The van der Waals surface area contributed by atoms with Gasteiger partial charge < -0.3 is 10.1 Å². The highest BCUT2D eigenvalue weighted by atomic mass is 32.2. The van der Waals surface area contributed by atoms with Gasteiger partial charge in [0, 0.05) is 18.6 Å². The van der Waals surface area contributed by atoms with Crippen molar-refractivity contribution in [3.8, 4) is 0 Å². The van der Waals surface area contributed by atoms with Gasteiger partial charge in [-0.15, -0.1) is 0 Å². The van der Waals surface area contributed by atoms with Crippen LogP contribution >= 0.6 is 0 Å². The summed E-state index contributed by atoms with van der Waals surface area (Å²) in [5, 5.41) is 2.15. The van der Waals surface area contributed by atoms with Gasteiger partial charge in [-0.3, -0.25) is 4.79 Å². The van der Waals surface area contributed by atoms with Gasteiger partial charge in [-0.2, -0.15) is 4.31 Å². The zero-order chi connectivity index (χ0) is 14.4. The van der Waals surface area contributed by atoms with Gasteiger partial charge in [0.25, 0.3) is 0 Å². The molecule has 2 saturated heterocycles. The number of methoxy groups -OCH3 is 1. The fourth-order valence-electron chi connectivity index (χ4n) is 3.30. The van der Waals surface area contributed by atoms with Crippen molar-refractivity contribution in [3.63, 3.8) is 0 Å². The summed E-state index contributed by atoms with van der Waals surface area (Å²) >= 11 is 0. The van der Waals surface area contributed by atoms with Crippen molar-refractivity contribution in [2.45, 2.75) is 31.6 Å². The molecule has 0 bridgehead atoms. The maximum absolute atomic E-state index is 12.6. The molecule has 6 nitrogen and oxygen atoms in total. The first-order chi connectivity index (χ1) is 8.72. The lowest BCUT2D eigenvalue weighted by Crippen LogP contribution is -2.51. The molecule has 19 heavy (non-hydrogen) atoms. The monoisotopic (exact) mass is 290 g/mol. The van der Waals surface area contributed by atoms with E-state index in [2.05, 4.69) is 10.1 Å². The van der Waals surface area contributed by atoms with Crippen molar-refractivity contribution in [3.05, 3.63) is 0 Å². The van der Waals surface area contributed by atoms with E-state index >= 15 is 0 Å². The average Bonchev–Trinajstić information content (AvgIpc) is 2.90. The molecule has 2 aliphatic heterocycles. The first kappa shape index (κ1) is 14.7. The molecule has 0 aromatic carbocycles. The summed E-state index contributed by atoms with van der Waals surface area (Å²) < 4.78 is 31.2. The van der Waals surface area contributed by atoms with Gasteiger partial charge in [-0.05, 0) is 39.2 Å². The van der Waals surface area contributed by atoms with E-state index < -0.39 is 26.8 Å². The van der Waals surface area contributed by atoms with Crippen LogP contribution in [0.15, 0.2) is 0 Å². The number of sulfonamides is 1. The van der Waals surface area contributed by atoms with Crippen LogP contribution in [0.3, 0.4) is 0 Å². The van der Waals surface area contributed by atoms with E-state index in [1.54, 1.807) is 0 Å². The number of carbonyl (C=O) groups excluding carboxylic acids is 1. The van der Waals surface area contributed by atoms with Crippen LogP contribution in [0.2, 0.25) is 0 Å². The number of nitrogens with one attached hydrogen (secondary N) is 1. The van der Waals surface area contributed by atoms with Crippen LogP contribution in [0.25, 0.3) is 0 Å². The molecule has 0 saturated carbocycles. The summed E-state index contributed by atoms with van der Waals surface area (Å²) in [5.74, 6) is -0.0762. The van der Waals surface area contributed by atoms with Crippen molar-refractivity contribution in [1.82, 2.24) is 9.62 Å².